The Morgan fingerprint density at radius 3 is 2.72 bits per heavy atom. The Labute approximate surface area is 151 Å². The first-order valence-electron chi connectivity index (χ1n) is 7.78. The van der Waals surface area contributed by atoms with Gasteiger partial charge >= 0.3 is 0 Å². The van der Waals surface area contributed by atoms with Gasteiger partial charge in [0.1, 0.15) is 11.3 Å². The van der Waals surface area contributed by atoms with Crippen LogP contribution in [-0.2, 0) is 4.79 Å². The molecule has 25 heavy (non-hydrogen) atoms. The second-order valence-electron chi connectivity index (χ2n) is 5.86. The molecule has 3 rings (SSSR count). The molecule has 5 nitrogen and oxygen atoms in total. The van der Waals surface area contributed by atoms with Crippen molar-refractivity contribution in [2.45, 2.75) is 0 Å². The number of amides is 1. The normalized spacial score (nSPS) is 10.9. The van der Waals surface area contributed by atoms with E-state index < -0.39 is 0 Å². The molecule has 0 saturated carbocycles. The van der Waals surface area contributed by atoms with Gasteiger partial charge in [-0.3, -0.25) is 9.78 Å². The maximum atomic E-state index is 11.8. The summed E-state index contributed by atoms with van der Waals surface area (Å²) in [5.41, 5.74) is 1.39. The summed E-state index contributed by atoms with van der Waals surface area (Å²) < 4.78 is 5.93. The predicted molar refractivity (Wildman–Crippen MR) is 100 cm³/mol. The van der Waals surface area contributed by atoms with E-state index in [0.29, 0.717) is 28.8 Å². The van der Waals surface area contributed by atoms with Gasteiger partial charge in [0.2, 0.25) is 5.91 Å². The van der Waals surface area contributed by atoms with Gasteiger partial charge in [-0.2, -0.15) is 0 Å². The SMILES string of the molecule is CN(C)CC(=O)Nc1ccc(Oc2cccc3cccnc23)c(Cl)c1. The summed E-state index contributed by atoms with van der Waals surface area (Å²) in [6.45, 7) is 0.303. The Morgan fingerprint density at radius 1 is 1.16 bits per heavy atom. The van der Waals surface area contributed by atoms with Crippen molar-refractivity contribution in [1.82, 2.24) is 9.88 Å². The van der Waals surface area contributed by atoms with Crippen molar-refractivity contribution >= 4 is 34.1 Å². The van der Waals surface area contributed by atoms with Gasteiger partial charge < -0.3 is 15.0 Å². The second kappa shape index (κ2) is 7.51. The van der Waals surface area contributed by atoms with Crippen LogP contribution < -0.4 is 10.1 Å². The molecule has 1 amide bonds. The van der Waals surface area contributed by atoms with Crippen LogP contribution in [0.1, 0.15) is 0 Å². The zero-order valence-electron chi connectivity index (χ0n) is 14.0. The fourth-order valence-electron chi connectivity index (χ4n) is 2.43. The summed E-state index contributed by atoms with van der Waals surface area (Å²) in [5.74, 6) is 1.03. The molecule has 0 atom stereocenters. The molecule has 128 valence electrons. The molecule has 0 aliphatic heterocycles. The maximum absolute atomic E-state index is 11.8. The van der Waals surface area contributed by atoms with Crippen LogP contribution in [-0.4, -0.2) is 36.4 Å². The van der Waals surface area contributed by atoms with Crippen LogP contribution in [0, 0.1) is 0 Å². The molecule has 0 unspecified atom stereocenters. The van der Waals surface area contributed by atoms with Gasteiger partial charge in [-0.1, -0.05) is 29.8 Å². The van der Waals surface area contributed by atoms with E-state index in [1.807, 2.05) is 44.4 Å². The number of nitrogens with one attached hydrogen (secondary N) is 1. The summed E-state index contributed by atoms with van der Waals surface area (Å²) in [6.07, 6.45) is 1.72. The van der Waals surface area contributed by atoms with Crippen LogP contribution in [0.15, 0.2) is 54.7 Å². The van der Waals surface area contributed by atoms with Crippen molar-refractivity contribution in [2.24, 2.45) is 0 Å². The lowest BCUT2D eigenvalue weighted by Gasteiger charge is -2.13. The quantitative estimate of drug-likeness (QED) is 0.746. The molecule has 3 aromatic rings. The lowest BCUT2D eigenvalue weighted by atomic mass is 10.2. The Bertz CT molecular complexity index is 907. The van der Waals surface area contributed by atoms with Gasteiger partial charge in [0, 0.05) is 17.3 Å². The van der Waals surface area contributed by atoms with E-state index in [0.717, 1.165) is 10.9 Å². The van der Waals surface area contributed by atoms with Gasteiger partial charge in [0.25, 0.3) is 0 Å². The lowest BCUT2D eigenvalue weighted by Crippen LogP contribution is -2.27. The molecule has 0 fully saturated rings. The maximum Gasteiger partial charge on any atom is 0.238 e. The van der Waals surface area contributed by atoms with Gasteiger partial charge in [-0.05, 0) is 44.4 Å². The molecule has 1 N–H and O–H groups in total. The number of nitrogens with zero attached hydrogens (tertiary/aromatic N) is 2. The number of aromatic nitrogens is 1. The number of anilines is 1. The van der Waals surface area contributed by atoms with Gasteiger partial charge in [-0.25, -0.2) is 0 Å². The van der Waals surface area contributed by atoms with Gasteiger partial charge in [0.15, 0.2) is 5.75 Å². The fraction of sp³-hybridized carbons (Fsp3) is 0.158. The minimum absolute atomic E-state index is 0.104. The van der Waals surface area contributed by atoms with Crippen molar-refractivity contribution < 1.29 is 9.53 Å². The Morgan fingerprint density at radius 2 is 1.96 bits per heavy atom. The third-order valence-corrected chi connectivity index (χ3v) is 3.79. The number of carbonyl (C=O) groups excluding carboxylic acids is 1. The highest BCUT2D eigenvalue weighted by atomic mass is 35.5. The molecule has 2 aromatic carbocycles. The summed E-state index contributed by atoms with van der Waals surface area (Å²) in [4.78, 5) is 18.0. The highest BCUT2D eigenvalue weighted by Crippen LogP contribution is 2.34. The zero-order chi connectivity index (χ0) is 17.8. The molecule has 0 aliphatic carbocycles. The van der Waals surface area contributed by atoms with Crippen molar-refractivity contribution in [1.29, 1.82) is 0 Å². The van der Waals surface area contributed by atoms with Crippen molar-refractivity contribution in [2.75, 3.05) is 26.0 Å². The molecule has 0 saturated heterocycles. The number of hydrogen-bond donors (Lipinski definition) is 1. The van der Waals surface area contributed by atoms with Gasteiger partial charge in [0.05, 0.1) is 11.6 Å². The average molecular weight is 356 g/mol. The molecular formula is C19H18ClN3O2. The minimum atomic E-state index is -0.104. The highest BCUT2D eigenvalue weighted by Gasteiger charge is 2.10. The number of halogens is 1. The third-order valence-electron chi connectivity index (χ3n) is 3.49. The van der Waals surface area contributed by atoms with Crippen molar-refractivity contribution in [3.63, 3.8) is 0 Å². The van der Waals surface area contributed by atoms with Gasteiger partial charge in [-0.15, -0.1) is 0 Å². The molecule has 6 heteroatoms. The topological polar surface area (TPSA) is 54.5 Å². The van der Waals surface area contributed by atoms with E-state index in [9.17, 15) is 4.79 Å². The summed E-state index contributed by atoms with van der Waals surface area (Å²) >= 11 is 6.31. The zero-order valence-corrected chi connectivity index (χ0v) is 14.7. The molecule has 0 spiro atoms. The Kier molecular flexibility index (Phi) is 5.16. The number of pyridine rings is 1. The number of para-hydroxylation sites is 1. The number of rotatable bonds is 5. The molecule has 1 aromatic heterocycles. The minimum Gasteiger partial charge on any atom is -0.454 e. The van der Waals surface area contributed by atoms with E-state index >= 15 is 0 Å². The van der Waals surface area contributed by atoms with E-state index in [-0.39, 0.29) is 5.91 Å². The van der Waals surface area contributed by atoms with Crippen LogP contribution in [0.25, 0.3) is 10.9 Å². The van der Waals surface area contributed by atoms with Crippen LogP contribution in [0.3, 0.4) is 0 Å². The Balaban J connectivity index is 1.80. The Hall–Kier alpha value is -2.63. The van der Waals surface area contributed by atoms with Crippen LogP contribution in [0.4, 0.5) is 5.69 Å². The largest absolute Gasteiger partial charge is 0.454 e. The molecule has 1 heterocycles. The number of fused-ring (bicyclic) bond motifs is 1. The summed E-state index contributed by atoms with van der Waals surface area (Å²) in [6, 6.07) is 14.7. The van der Waals surface area contributed by atoms with Crippen LogP contribution in [0.2, 0.25) is 5.02 Å². The first-order valence-corrected chi connectivity index (χ1v) is 8.16. The van der Waals surface area contributed by atoms with Crippen LogP contribution in [0.5, 0.6) is 11.5 Å². The average Bonchev–Trinajstić information content (AvgIpc) is 2.57. The van der Waals surface area contributed by atoms with Crippen LogP contribution >= 0.6 is 11.6 Å². The van der Waals surface area contributed by atoms with E-state index in [1.54, 1.807) is 29.3 Å². The highest BCUT2D eigenvalue weighted by molar-refractivity contribution is 6.32. The number of hydrogen-bond acceptors (Lipinski definition) is 4. The number of likely N-dealkylation sites (N-methyl/N-ethyl adjacent to an activating group) is 1. The smallest absolute Gasteiger partial charge is 0.238 e. The molecule has 0 radical (unpaired) electrons. The molecular weight excluding hydrogens is 338 g/mol. The lowest BCUT2D eigenvalue weighted by molar-refractivity contribution is -0.116. The van der Waals surface area contributed by atoms with Crippen molar-refractivity contribution in [3.05, 3.63) is 59.8 Å². The third kappa shape index (κ3) is 4.26. The van der Waals surface area contributed by atoms with E-state index in [4.69, 9.17) is 16.3 Å². The summed E-state index contributed by atoms with van der Waals surface area (Å²) in [5, 5.41) is 4.20. The standard InChI is InChI=1S/C19H18ClN3O2/c1-23(2)12-18(24)22-14-8-9-16(15(20)11-14)25-17-7-3-5-13-6-4-10-21-19(13)17/h3-11H,12H2,1-2H3,(H,22,24). The number of benzene rings is 2. The first-order chi connectivity index (χ1) is 12.0. The van der Waals surface area contributed by atoms with E-state index in [1.165, 1.54) is 0 Å². The van der Waals surface area contributed by atoms with Crippen molar-refractivity contribution in [3.8, 4) is 11.5 Å². The monoisotopic (exact) mass is 355 g/mol. The molecule has 0 aliphatic rings. The number of ether oxygens (including phenoxy) is 1. The second-order valence-corrected chi connectivity index (χ2v) is 6.27. The van der Waals surface area contributed by atoms with E-state index in [2.05, 4.69) is 10.3 Å². The fourth-order valence-corrected chi connectivity index (χ4v) is 2.65. The number of carbonyl (C=O) groups is 1. The molecule has 0 bridgehead atoms. The summed E-state index contributed by atoms with van der Waals surface area (Å²) in [7, 11) is 3.67. The first kappa shape index (κ1) is 17.2. The predicted octanol–water partition coefficient (Wildman–Crippen LogP) is 4.18.